The molecule has 0 atom stereocenters. The minimum Gasteiger partial charge on any atom is -0.488 e. The van der Waals surface area contributed by atoms with Crippen LogP contribution < -0.4 is 10.1 Å². The first-order chi connectivity index (χ1) is 14.5. The van der Waals surface area contributed by atoms with E-state index in [-0.39, 0.29) is 5.57 Å². The van der Waals surface area contributed by atoms with Gasteiger partial charge in [0.1, 0.15) is 29.8 Å². The van der Waals surface area contributed by atoms with Crippen molar-refractivity contribution in [2.24, 2.45) is 0 Å². The molecule has 0 unspecified atom stereocenters. The van der Waals surface area contributed by atoms with Crippen molar-refractivity contribution in [2.45, 2.75) is 6.61 Å². The number of halogens is 3. The Morgan fingerprint density at radius 1 is 1.17 bits per heavy atom. The molecule has 0 aliphatic heterocycles. The summed E-state index contributed by atoms with van der Waals surface area (Å²) in [6, 6.07) is 19.8. The van der Waals surface area contributed by atoms with Crippen molar-refractivity contribution in [3.63, 3.8) is 0 Å². The molecule has 0 aromatic heterocycles. The summed E-state index contributed by atoms with van der Waals surface area (Å²) < 4.78 is 19.4. The van der Waals surface area contributed by atoms with E-state index in [1.807, 2.05) is 24.3 Å². The molecule has 30 heavy (non-hydrogen) atoms. The fraction of sp³-hybridized carbons (Fsp3) is 0.0435. The third kappa shape index (κ3) is 5.69. The van der Waals surface area contributed by atoms with E-state index < -0.39 is 11.7 Å². The Labute approximate surface area is 186 Å². The van der Waals surface area contributed by atoms with E-state index in [0.717, 1.165) is 5.56 Å². The predicted molar refractivity (Wildman–Crippen MR) is 119 cm³/mol. The van der Waals surface area contributed by atoms with Crippen molar-refractivity contribution < 1.29 is 13.9 Å². The Morgan fingerprint density at radius 3 is 2.57 bits per heavy atom. The highest BCUT2D eigenvalue weighted by molar-refractivity contribution is 9.10. The van der Waals surface area contributed by atoms with E-state index in [1.54, 1.807) is 24.3 Å². The number of rotatable bonds is 6. The number of benzene rings is 3. The normalized spacial score (nSPS) is 10.9. The van der Waals surface area contributed by atoms with Gasteiger partial charge in [0.2, 0.25) is 0 Å². The van der Waals surface area contributed by atoms with E-state index >= 15 is 0 Å². The van der Waals surface area contributed by atoms with Crippen LogP contribution in [0, 0.1) is 17.1 Å². The van der Waals surface area contributed by atoms with Crippen molar-refractivity contribution in [2.75, 3.05) is 5.32 Å². The zero-order chi connectivity index (χ0) is 21.5. The van der Waals surface area contributed by atoms with Gasteiger partial charge in [-0.15, -0.1) is 0 Å². The maximum Gasteiger partial charge on any atom is 0.266 e. The fourth-order valence-corrected chi connectivity index (χ4v) is 3.24. The highest BCUT2D eigenvalue weighted by atomic mass is 79.9. The minimum absolute atomic E-state index is 0.0871. The van der Waals surface area contributed by atoms with Crippen molar-refractivity contribution in [1.29, 1.82) is 5.26 Å². The average Bonchev–Trinajstić information content (AvgIpc) is 2.74. The van der Waals surface area contributed by atoms with Crippen LogP contribution in [0.2, 0.25) is 5.02 Å². The van der Waals surface area contributed by atoms with Crippen molar-refractivity contribution in [1.82, 2.24) is 0 Å². The van der Waals surface area contributed by atoms with E-state index in [1.165, 1.54) is 30.3 Å². The third-order valence-corrected chi connectivity index (χ3v) is 5.06. The summed E-state index contributed by atoms with van der Waals surface area (Å²) in [5.74, 6) is -0.397. The Morgan fingerprint density at radius 2 is 1.90 bits per heavy atom. The van der Waals surface area contributed by atoms with Crippen LogP contribution in [-0.2, 0) is 11.4 Å². The van der Waals surface area contributed by atoms with Crippen LogP contribution in [0.25, 0.3) is 6.08 Å². The summed E-state index contributed by atoms with van der Waals surface area (Å²) in [6.07, 6.45) is 1.46. The molecule has 0 spiro atoms. The van der Waals surface area contributed by atoms with E-state index in [4.69, 9.17) is 16.3 Å². The van der Waals surface area contributed by atoms with Crippen molar-refractivity contribution >= 4 is 45.2 Å². The first-order valence-corrected chi connectivity index (χ1v) is 9.98. The summed E-state index contributed by atoms with van der Waals surface area (Å²) >= 11 is 9.58. The van der Waals surface area contributed by atoms with Gasteiger partial charge in [0, 0.05) is 16.3 Å². The molecule has 3 rings (SSSR count). The highest BCUT2D eigenvalue weighted by Gasteiger charge is 2.11. The molecule has 0 radical (unpaired) electrons. The number of amides is 1. The molecule has 0 saturated carbocycles. The van der Waals surface area contributed by atoms with Gasteiger partial charge in [-0.3, -0.25) is 4.79 Å². The lowest BCUT2D eigenvalue weighted by atomic mass is 10.1. The molecule has 0 heterocycles. The minimum atomic E-state index is -0.584. The number of carbonyl (C=O) groups is 1. The quantitative estimate of drug-likeness (QED) is 0.326. The standard InChI is InChI=1S/C23H15BrClFN2O2/c24-20-12-15(5-10-22(20)30-14-16-3-1-2-4-21(16)25)11-17(13-27)23(29)28-19-8-6-18(26)7-9-19/h1-12H,14H2,(H,28,29)/b17-11+. The monoisotopic (exact) mass is 484 g/mol. The summed E-state index contributed by atoms with van der Waals surface area (Å²) in [7, 11) is 0. The van der Waals surface area contributed by atoms with Gasteiger partial charge >= 0.3 is 0 Å². The maximum absolute atomic E-state index is 13.0. The van der Waals surface area contributed by atoms with Gasteiger partial charge in [-0.25, -0.2) is 4.39 Å². The smallest absolute Gasteiger partial charge is 0.266 e. The molecular formula is C23H15BrClFN2O2. The molecule has 7 heteroatoms. The van der Waals surface area contributed by atoms with Gasteiger partial charge in [-0.2, -0.15) is 5.26 Å². The lowest BCUT2D eigenvalue weighted by molar-refractivity contribution is -0.112. The second-order valence-corrected chi connectivity index (χ2v) is 7.46. The molecular weight excluding hydrogens is 471 g/mol. The Hall–Kier alpha value is -3.14. The van der Waals surface area contributed by atoms with Gasteiger partial charge in [0.25, 0.3) is 5.91 Å². The van der Waals surface area contributed by atoms with Crippen LogP contribution in [0.15, 0.2) is 76.8 Å². The number of anilines is 1. The third-order valence-electron chi connectivity index (χ3n) is 4.08. The maximum atomic E-state index is 13.0. The second-order valence-electron chi connectivity index (χ2n) is 6.20. The number of hydrogen-bond acceptors (Lipinski definition) is 3. The molecule has 0 aliphatic carbocycles. The lowest BCUT2D eigenvalue weighted by Gasteiger charge is -2.10. The summed E-state index contributed by atoms with van der Waals surface area (Å²) in [4.78, 5) is 12.3. The first-order valence-electron chi connectivity index (χ1n) is 8.81. The van der Waals surface area contributed by atoms with Crippen LogP contribution in [-0.4, -0.2) is 5.91 Å². The van der Waals surface area contributed by atoms with Gasteiger partial charge in [-0.1, -0.05) is 35.9 Å². The Kier molecular flexibility index (Phi) is 7.23. The summed E-state index contributed by atoms with van der Waals surface area (Å²) in [6.45, 7) is 0.303. The molecule has 150 valence electrons. The number of nitriles is 1. The average molecular weight is 486 g/mol. The molecule has 1 N–H and O–H groups in total. The number of hydrogen-bond donors (Lipinski definition) is 1. The topological polar surface area (TPSA) is 62.1 Å². The number of ether oxygens (including phenoxy) is 1. The van der Waals surface area contributed by atoms with Gasteiger partial charge in [0.05, 0.1) is 4.47 Å². The van der Waals surface area contributed by atoms with Crippen LogP contribution in [0.5, 0.6) is 5.75 Å². The SMILES string of the molecule is N#C/C(=C\c1ccc(OCc2ccccc2Cl)c(Br)c1)C(=O)Nc1ccc(F)cc1. The molecule has 0 aliphatic rings. The Bertz CT molecular complexity index is 1140. The van der Waals surface area contributed by atoms with Crippen LogP contribution in [0.1, 0.15) is 11.1 Å². The molecule has 0 saturated heterocycles. The number of carbonyl (C=O) groups excluding carboxylic acids is 1. The molecule has 3 aromatic rings. The molecule has 3 aromatic carbocycles. The largest absolute Gasteiger partial charge is 0.488 e. The summed E-state index contributed by atoms with van der Waals surface area (Å²) in [5.41, 5.74) is 1.81. The fourth-order valence-electron chi connectivity index (χ4n) is 2.54. The predicted octanol–water partition coefficient (Wildman–Crippen LogP) is 6.37. The zero-order valence-corrected chi connectivity index (χ0v) is 17.9. The lowest BCUT2D eigenvalue weighted by Crippen LogP contribution is -2.13. The number of nitrogens with zero attached hydrogens (tertiary/aromatic N) is 1. The Balaban J connectivity index is 1.71. The van der Waals surface area contributed by atoms with Gasteiger partial charge in [0.15, 0.2) is 0 Å². The van der Waals surface area contributed by atoms with Crippen LogP contribution >= 0.6 is 27.5 Å². The molecule has 0 fully saturated rings. The first kappa shape index (κ1) is 21.6. The van der Waals surface area contributed by atoms with E-state index in [9.17, 15) is 14.4 Å². The molecule has 0 bridgehead atoms. The van der Waals surface area contributed by atoms with Crippen molar-refractivity contribution in [3.05, 3.63) is 98.7 Å². The highest BCUT2D eigenvalue weighted by Crippen LogP contribution is 2.28. The molecule has 1 amide bonds. The number of nitrogens with one attached hydrogen (secondary N) is 1. The van der Waals surface area contributed by atoms with Crippen LogP contribution in [0.3, 0.4) is 0 Å². The van der Waals surface area contributed by atoms with Crippen molar-refractivity contribution in [3.8, 4) is 11.8 Å². The van der Waals surface area contributed by atoms with Gasteiger partial charge < -0.3 is 10.1 Å². The second kappa shape index (κ2) is 10.1. The van der Waals surface area contributed by atoms with Gasteiger partial charge in [-0.05, 0) is 70.0 Å². The summed E-state index contributed by atoms with van der Waals surface area (Å²) in [5, 5.41) is 12.5. The molecule has 4 nitrogen and oxygen atoms in total. The van der Waals surface area contributed by atoms with E-state index in [2.05, 4.69) is 21.2 Å². The van der Waals surface area contributed by atoms with E-state index in [0.29, 0.717) is 33.1 Å². The van der Waals surface area contributed by atoms with Crippen LogP contribution in [0.4, 0.5) is 10.1 Å². The zero-order valence-electron chi connectivity index (χ0n) is 15.5.